The van der Waals surface area contributed by atoms with Gasteiger partial charge >= 0.3 is 0 Å². The molecular formula is C12H10OS2. The summed E-state index contributed by atoms with van der Waals surface area (Å²) in [6, 6.07) is 10.1. The zero-order valence-electron chi connectivity index (χ0n) is 8.00. The van der Waals surface area contributed by atoms with Gasteiger partial charge in [0.25, 0.3) is 0 Å². The van der Waals surface area contributed by atoms with Gasteiger partial charge in [-0.2, -0.15) is 0 Å². The zero-order chi connectivity index (χ0) is 9.88. The first-order chi connectivity index (χ1) is 7.37. The van der Waals surface area contributed by atoms with Crippen molar-refractivity contribution < 1.29 is 4.74 Å². The summed E-state index contributed by atoms with van der Waals surface area (Å²) in [4.78, 5) is -0.0218. The van der Waals surface area contributed by atoms with Gasteiger partial charge in [0.2, 0.25) is 0 Å². The van der Waals surface area contributed by atoms with Crippen molar-refractivity contribution in [3.8, 4) is 5.75 Å². The molecule has 2 aliphatic heterocycles. The number of hydrogen-bond acceptors (Lipinski definition) is 3. The van der Waals surface area contributed by atoms with E-state index in [0.717, 1.165) is 16.2 Å². The minimum Gasteiger partial charge on any atom is -0.472 e. The van der Waals surface area contributed by atoms with Gasteiger partial charge in [0, 0.05) is 10.5 Å². The Balaban J connectivity index is 1.60. The maximum atomic E-state index is 6.08. The van der Waals surface area contributed by atoms with Crippen molar-refractivity contribution in [2.75, 3.05) is 0 Å². The van der Waals surface area contributed by atoms with Gasteiger partial charge in [0.1, 0.15) is 5.75 Å². The summed E-state index contributed by atoms with van der Waals surface area (Å²) in [6.45, 7) is 0. The van der Waals surface area contributed by atoms with Crippen LogP contribution in [-0.4, -0.2) is 20.7 Å². The Morgan fingerprint density at radius 2 is 2.07 bits per heavy atom. The van der Waals surface area contributed by atoms with Crippen molar-refractivity contribution in [1.29, 1.82) is 0 Å². The molecule has 0 N–H and O–H groups in total. The Morgan fingerprint density at radius 3 is 2.93 bits per heavy atom. The number of fused-ring (bicyclic) bond motifs is 3. The van der Waals surface area contributed by atoms with E-state index in [0.29, 0.717) is 5.25 Å². The second-order valence-electron chi connectivity index (χ2n) is 4.10. The Labute approximate surface area is 97.3 Å². The quantitative estimate of drug-likeness (QED) is 0.575. The highest BCUT2D eigenvalue weighted by Crippen LogP contribution is 2.68. The molecular weight excluding hydrogens is 224 g/mol. The van der Waals surface area contributed by atoms with E-state index in [-0.39, 0.29) is 4.93 Å². The van der Waals surface area contributed by atoms with Crippen molar-refractivity contribution in [3.63, 3.8) is 0 Å². The number of thioether (sulfide) groups is 2. The van der Waals surface area contributed by atoms with Gasteiger partial charge in [-0.15, -0.1) is 11.8 Å². The second-order valence-corrected chi connectivity index (χ2v) is 6.84. The third-order valence-electron chi connectivity index (χ3n) is 3.05. The first kappa shape index (κ1) is 8.59. The first-order valence-electron chi connectivity index (χ1n) is 5.14. The number of hydrogen-bond donors (Lipinski definition) is 0. The van der Waals surface area contributed by atoms with Gasteiger partial charge in [0.15, 0.2) is 4.93 Å². The number of benzene rings is 1. The molecule has 1 aliphatic carbocycles. The molecule has 0 bridgehead atoms. The van der Waals surface area contributed by atoms with Crippen LogP contribution in [0.25, 0.3) is 0 Å². The lowest BCUT2D eigenvalue weighted by atomic mass is 10.1. The summed E-state index contributed by atoms with van der Waals surface area (Å²) in [6.07, 6.45) is 4.57. The number of para-hydroxylation sites is 1. The molecule has 0 radical (unpaired) electrons. The Morgan fingerprint density at radius 1 is 1.20 bits per heavy atom. The van der Waals surface area contributed by atoms with E-state index >= 15 is 0 Å². The van der Waals surface area contributed by atoms with Crippen LogP contribution in [0.1, 0.15) is 0 Å². The van der Waals surface area contributed by atoms with Crippen LogP contribution in [0.4, 0.5) is 0 Å². The molecule has 4 unspecified atom stereocenters. The van der Waals surface area contributed by atoms with E-state index in [1.54, 1.807) is 0 Å². The Kier molecular flexibility index (Phi) is 1.59. The van der Waals surface area contributed by atoms with Crippen molar-refractivity contribution in [1.82, 2.24) is 0 Å². The van der Waals surface area contributed by atoms with Gasteiger partial charge in [-0.25, -0.2) is 0 Å². The maximum Gasteiger partial charge on any atom is 0.186 e. The molecule has 4 atom stereocenters. The molecule has 1 aromatic rings. The summed E-state index contributed by atoms with van der Waals surface area (Å²) in [5, 5.41) is 2.30. The fraction of sp³-hybridized carbons (Fsp3) is 0.333. The van der Waals surface area contributed by atoms with Crippen molar-refractivity contribution in [3.05, 3.63) is 42.5 Å². The van der Waals surface area contributed by atoms with Crippen LogP contribution >= 0.6 is 23.5 Å². The fourth-order valence-electron chi connectivity index (χ4n) is 2.15. The molecule has 15 heavy (non-hydrogen) atoms. The smallest absolute Gasteiger partial charge is 0.186 e. The molecule has 3 heteroatoms. The van der Waals surface area contributed by atoms with Gasteiger partial charge < -0.3 is 4.74 Å². The van der Waals surface area contributed by atoms with Crippen molar-refractivity contribution in [2.45, 2.75) is 20.7 Å². The standard InChI is InChI=1S/C12H10OS2/c1-2-4-8(5-3-1)13-12-7-6-9-10(14-9)11(12)15-12/h1-7,9-11H. The molecule has 0 saturated carbocycles. The summed E-state index contributed by atoms with van der Waals surface area (Å²) in [7, 11) is 0. The molecule has 0 aromatic heterocycles. The molecule has 4 rings (SSSR count). The van der Waals surface area contributed by atoms with Crippen LogP contribution in [0.5, 0.6) is 5.75 Å². The fourth-order valence-corrected chi connectivity index (χ4v) is 4.93. The average Bonchev–Trinajstić information content (AvgIpc) is 3.10. The largest absolute Gasteiger partial charge is 0.472 e. The predicted molar refractivity (Wildman–Crippen MR) is 65.5 cm³/mol. The highest BCUT2D eigenvalue weighted by atomic mass is 32.2. The van der Waals surface area contributed by atoms with E-state index in [2.05, 4.69) is 23.9 Å². The highest BCUT2D eigenvalue weighted by Gasteiger charge is 2.68. The van der Waals surface area contributed by atoms with E-state index in [4.69, 9.17) is 4.74 Å². The molecule has 76 valence electrons. The van der Waals surface area contributed by atoms with Crippen molar-refractivity contribution >= 4 is 23.5 Å². The lowest BCUT2D eigenvalue weighted by Crippen LogP contribution is -2.26. The minimum atomic E-state index is -0.0218. The van der Waals surface area contributed by atoms with E-state index in [1.807, 2.05) is 42.1 Å². The van der Waals surface area contributed by atoms with Crippen LogP contribution in [-0.2, 0) is 0 Å². The lowest BCUT2D eigenvalue weighted by Gasteiger charge is -2.15. The van der Waals surface area contributed by atoms with E-state index in [1.165, 1.54) is 0 Å². The van der Waals surface area contributed by atoms with Gasteiger partial charge in [-0.05, 0) is 18.2 Å². The van der Waals surface area contributed by atoms with Crippen LogP contribution in [0.2, 0.25) is 0 Å². The molecule has 0 amide bonds. The van der Waals surface area contributed by atoms with E-state index < -0.39 is 0 Å². The van der Waals surface area contributed by atoms with Gasteiger partial charge in [0.05, 0.1) is 5.25 Å². The van der Waals surface area contributed by atoms with Crippen LogP contribution in [0.15, 0.2) is 42.5 Å². The first-order valence-corrected chi connectivity index (χ1v) is 6.96. The van der Waals surface area contributed by atoms with Gasteiger partial charge in [-0.3, -0.25) is 0 Å². The minimum absolute atomic E-state index is 0.0218. The molecule has 2 fully saturated rings. The number of ether oxygens (including phenoxy) is 1. The summed E-state index contributed by atoms with van der Waals surface area (Å²) < 4.78 is 6.08. The average molecular weight is 234 g/mol. The zero-order valence-corrected chi connectivity index (χ0v) is 9.63. The summed E-state index contributed by atoms with van der Waals surface area (Å²) in [5.41, 5.74) is 0. The third-order valence-corrected chi connectivity index (χ3v) is 6.04. The summed E-state index contributed by atoms with van der Waals surface area (Å²) in [5.74, 6) is 0.987. The molecule has 2 heterocycles. The monoisotopic (exact) mass is 234 g/mol. The third kappa shape index (κ3) is 1.26. The maximum absolute atomic E-state index is 6.08. The molecule has 1 aromatic carbocycles. The molecule has 1 nitrogen and oxygen atoms in total. The SMILES string of the molecule is C1=CC2(Oc3ccccc3)SC2C2SC12. The topological polar surface area (TPSA) is 9.23 Å². The molecule has 2 saturated heterocycles. The predicted octanol–water partition coefficient (Wildman–Crippen LogP) is 2.93. The molecule has 0 spiro atoms. The van der Waals surface area contributed by atoms with E-state index in [9.17, 15) is 0 Å². The van der Waals surface area contributed by atoms with Crippen LogP contribution in [0.3, 0.4) is 0 Å². The second kappa shape index (κ2) is 2.77. The Bertz CT molecular complexity index is 431. The van der Waals surface area contributed by atoms with Crippen molar-refractivity contribution in [2.24, 2.45) is 0 Å². The Hall–Kier alpha value is -0.540. The highest BCUT2D eigenvalue weighted by molar-refractivity contribution is 8.13. The summed E-state index contributed by atoms with van der Waals surface area (Å²) >= 11 is 4.03. The van der Waals surface area contributed by atoms with Crippen LogP contribution < -0.4 is 4.74 Å². The molecule has 3 aliphatic rings. The van der Waals surface area contributed by atoms with Crippen LogP contribution in [0, 0.1) is 0 Å². The van der Waals surface area contributed by atoms with Gasteiger partial charge in [-0.1, -0.05) is 36.0 Å². The normalized spacial score (nSPS) is 44.1. The lowest BCUT2D eigenvalue weighted by molar-refractivity contribution is 0.244. The number of rotatable bonds is 2.